The van der Waals surface area contributed by atoms with Gasteiger partial charge in [-0.25, -0.2) is 19.0 Å². The topological polar surface area (TPSA) is 116 Å². The second kappa shape index (κ2) is 8.36. The zero-order chi connectivity index (χ0) is 23.1. The minimum atomic E-state index is -0.804. The first-order valence-electron chi connectivity index (χ1n) is 10.4. The summed E-state index contributed by atoms with van der Waals surface area (Å²) < 4.78 is 16.2. The van der Waals surface area contributed by atoms with E-state index in [0.717, 1.165) is 31.4 Å². The Bertz CT molecular complexity index is 1350. The van der Waals surface area contributed by atoms with Crippen molar-refractivity contribution in [2.45, 2.75) is 25.8 Å². The average Bonchev–Trinajstić information content (AvgIpc) is 3.24. The Morgan fingerprint density at radius 1 is 1.12 bits per heavy atom. The van der Waals surface area contributed by atoms with Crippen LogP contribution in [0.5, 0.6) is 0 Å². The number of hydrogen-bond donors (Lipinski definition) is 1. The van der Waals surface area contributed by atoms with Gasteiger partial charge >= 0.3 is 0 Å². The number of carbonyl (C=O) groups is 1. The molecule has 2 N–H and O–H groups in total. The van der Waals surface area contributed by atoms with Crippen LogP contribution in [0.3, 0.4) is 0 Å². The molecule has 0 spiro atoms. The number of halogens is 2. The van der Waals surface area contributed by atoms with Crippen LogP contribution >= 0.6 is 11.6 Å². The lowest BCUT2D eigenvalue weighted by atomic mass is 10.0. The van der Waals surface area contributed by atoms with E-state index in [9.17, 15) is 9.18 Å². The molecule has 0 saturated carbocycles. The highest BCUT2D eigenvalue weighted by atomic mass is 35.5. The minimum Gasteiger partial charge on any atom is -0.366 e. The summed E-state index contributed by atoms with van der Waals surface area (Å²) in [5.41, 5.74) is 8.40. The molecular weight excluding hydrogens is 447 g/mol. The van der Waals surface area contributed by atoms with Crippen molar-refractivity contribution in [1.29, 1.82) is 0 Å². The predicted molar refractivity (Wildman–Crippen MR) is 121 cm³/mol. The van der Waals surface area contributed by atoms with Gasteiger partial charge in [-0.1, -0.05) is 16.8 Å². The van der Waals surface area contributed by atoms with Crippen LogP contribution in [0.4, 0.5) is 10.3 Å². The minimum absolute atomic E-state index is 0.140. The lowest BCUT2D eigenvalue weighted by Crippen LogP contribution is -2.36. The number of amides is 1. The van der Waals surface area contributed by atoms with Crippen molar-refractivity contribution in [3.05, 3.63) is 58.8 Å². The van der Waals surface area contributed by atoms with Crippen LogP contribution in [0.15, 0.2) is 36.8 Å². The molecule has 11 heteroatoms. The van der Waals surface area contributed by atoms with Crippen molar-refractivity contribution in [2.24, 2.45) is 5.73 Å². The van der Waals surface area contributed by atoms with Crippen molar-refractivity contribution in [1.82, 2.24) is 29.9 Å². The van der Waals surface area contributed by atoms with Gasteiger partial charge in [0.1, 0.15) is 16.9 Å². The maximum Gasteiger partial charge on any atom is 0.251 e. The molecule has 0 atom stereocenters. The third kappa shape index (κ3) is 3.97. The third-order valence-corrected chi connectivity index (χ3v) is 6.11. The number of carbonyl (C=O) groups excluding carboxylic acids is 1. The van der Waals surface area contributed by atoms with Gasteiger partial charge in [0.25, 0.3) is 5.91 Å². The van der Waals surface area contributed by atoms with Gasteiger partial charge in [0.05, 0.1) is 40.9 Å². The molecule has 0 aliphatic carbocycles. The standard InChI is InChI=1S/C22H20ClFN8O/c1-12-6-16(21(25)33)17(24)7-15(12)18-8-19-20(11-26-18)32(30-29-19)14-2-4-31(5-3-14)22-27-9-13(23)10-28-22/h6-11,14H,2-5H2,1H3,(H2,25,33). The molecule has 168 valence electrons. The summed E-state index contributed by atoms with van der Waals surface area (Å²) >= 11 is 5.88. The molecule has 1 aliphatic rings. The molecule has 0 bridgehead atoms. The Kier molecular flexibility index (Phi) is 5.37. The van der Waals surface area contributed by atoms with Gasteiger partial charge in [0.2, 0.25) is 5.95 Å². The van der Waals surface area contributed by atoms with Crippen LogP contribution in [0.25, 0.3) is 22.3 Å². The molecule has 4 heterocycles. The van der Waals surface area contributed by atoms with Crippen molar-refractivity contribution < 1.29 is 9.18 Å². The number of fused-ring (bicyclic) bond motifs is 1. The Balaban J connectivity index is 1.38. The molecule has 1 fully saturated rings. The molecule has 33 heavy (non-hydrogen) atoms. The number of nitrogens with zero attached hydrogens (tertiary/aromatic N) is 7. The Labute approximate surface area is 193 Å². The summed E-state index contributed by atoms with van der Waals surface area (Å²) in [6, 6.07) is 4.66. The summed E-state index contributed by atoms with van der Waals surface area (Å²) in [7, 11) is 0. The molecule has 0 radical (unpaired) electrons. The van der Waals surface area contributed by atoms with Gasteiger partial charge in [-0.05, 0) is 43.5 Å². The fourth-order valence-corrected chi connectivity index (χ4v) is 4.28. The number of primary amides is 1. The van der Waals surface area contributed by atoms with Crippen LogP contribution in [-0.2, 0) is 0 Å². The molecule has 1 saturated heterocycles. The summed E-state index contributed by atoms with van der Waals surface area (Å²) in [5.74, 6) is -0.815. The van der Waals surface area contributed by atoms with Gasteiger partial charge in [-0.3, -0.25) is 9.78 Å². The highest BCUT2D eigenvalue weighted by Gasteiger charge is 2.25. The molecule has 3 aromatic heterocycles. The first-order valence-corrected chi connectivity index (χ1v) is 10.8. The van der Waals surface area contributed by atoms with Gasteiger partial charge in [-0.15, -0.1) is 5.10 Å². The lowest BCUT2D eigenvalue weighted by molar-refractivity contribution is 0.0996. The van der Waals surface area contributed by atoms with E-state index in [1.807, 2.05) is 4.68 Å². The Morgan fingerprint density at radius 3 is 2.55 bits per heavy atom. The Hall–Kier alpha value is -3.66. The summed E-state index contributed by atoms with van der Waals surface area (Å²) in [6.45, 7) is 3.34. The first kappa shape index (κ1) is 21.2. The van der Waals surface area contributed by atoms with Gasteiger partial charge in [-0.2, -0.15) is 0 Å². The average molecular weight is 467 g/mol. The lowest BCUT2D eigenvalue weighted by Gasteiger charge is -2.31. The maximum atomic E-state index is 14.3. The second-order valence-corrected chi connectivity index (χ2v) is 8.46. The third-order valence-electron chi connectivity index (χ3n) is 5.91. The normalized spacial score (nSPS) is 14.7. The zero-order valence-corrected chi connectivity index (χ0v) is 18.5. The van der Waals surface area contributed by atoms with Crippen LogP contribution < -0.4 is 10.6 Å². The molecular formula is C22H20ClFN8O. The van der Waals surface area contributed by atoms with Crippen LogP contribution in [-0.4, -0.2) is 48.9 Å². The van der Waals surface area contributed by atoms with Gasteiger partial charge in [0.15, 0.2) is 0 Å². The van der Waals surface area contributed by atoms with E-state index < -0.39 is 11.7 Å². The molecule has 4 aromatic rings. The maximum absolute atomic E-state index is 14.3. The second-order valence-electron chi connectivity index (χ2n) is 8.02. The SMILES string of the molecule is Cc1cc(C(N)=O)c(F)cc1-c1cc2nnn(C3CCN(c4ncc(Cl)cn4)CC3)c2cn1. The van der Waals surface area contributed by atoms with Crippen molar-refractivity contribution in [3.8, 4) is 11.3 Å². The predicted octanol–water partition coefficient (Wildman–Crippen LogP) is 3.32. The highest BCUT2D eigenvalue weighted by Crippen LogP contribution is 2.30. The molecule has 0 unspecified atom stereocenters. The van der Waals surface area contributed by atoms with E-state index in [1.54, 1.807) is 31.6 Å². The van der Waals surface area contributed by atoms with Crippen LogP contribution in [0.1, 0.15) is 34.8 Å². The number of aryl methyl sites for hydroxylation is 1. The first-order chi connectivity index (χ1) is 15.9. The fourth-order valence-electron chi connectivity index (χ4n) is 4.18. The van der Waals surface area contributed by atoms with Crippen molar-refractivity contribution in [3.63, 3.8) is 0 Å². The van der Waals surface area contributed by atoms with E-state index in [1.165, 1.54) is 12.1 Å². The fraction of sp³-hybridized carbons (Fsp3) is 0.273. The number of nitrogens with two attached hydrogens (primary N) is 1. The Morgan fingerprint density at radius 2 is 1.85 bits per heavy atom. The molecule has 1 aliphatic heterocycles. The van der Waals surface area contributed by atoms with E-state index in [2.05, 4.69) is 30.2 Å². The number of pyridine rings is 1. The molecule has 9 nitrogen and oxygen atoms in total. The van der Waals surface area contributed by atoms with Crippen LogP contribution in [0.2, 0.25) is 5.02 Å². The molecule has 1 amide bonds. The highest BCUT2D eigenvalue weighted by molar-refractivity contribution is 6.30. The van der Waals surface area contributed by atoms with E-state index in [0.29, 0.717) is 33.3 Å². The zero-order valence-electron chi connectivity index (χ0n) is 17.7. The summed E-state index contributed by atoms with van der Waals surface area (Å²) in [6.07, 6.45) is 6.60. The molecule has 5 rings (SSSR count). The summed E-state index contributed by atoms with van der Waals surface area (Å²) in [4.78, 5) is 26.6. The monoisotopic (exact) mass is 466 g/mol. The van der Waals surface area contributed by atoms with Crippen LogP contribution in [0, 0.1) is 12.7 Å². The number of piperidine rings is 1. The largest absolute Gasteiger partial charge is 0.366 e. The summed E-state index contributed by atoms with van der Waals surface area (Å²) in [5, 5.41) is 9.19. The van der Waals surface area contributed by atoms with E-state index in [4.69, 9.17) is 17.3 Å². The number of hydrogen-bond acceptors (Lipinski definition) is 7. The van der Waals surface area contributed by atoms with Gasteiger partial charge in [0, 0.05) is 18.7 Å². The van der Waals surface area contributed by atoms with Crippen molar-refractivity contribution >= 4 is 34.5 Å². The van der Waals surface area contributed by atoms with E-state index >= 15 is 0 Å². The molecule has 1 aromatic carbocycles. The number of aromatic nitrogens is 6. The van der Waals surface area contributed by atoms with Crippen molar-refractivity contribution in [2.75, 3.05) is 18.0 Å². The number of anilines is 1. The quantitative estimate of drug-likeness (QED) is 0.490. The number of benzene rings is 1. The number of rotatable bonds is 4. The smallest absolute Gasteiger partial charge is 0.251 e. The van der Waals surface area contributed by atoms with Gasteiger partial charge < -0.3 is 10.6 Å². The van der Waals surface area contributed by atoms with E-state index in [-0.39, 0.29) is 11.6 Å².